The van der Waals surface area contributed by atoms with Crippen molar-refractivity contribution < 1.29 is 13.3 Å². The van der Waals surface area contributed by atoms with E-state index >= 15 is 0 Å². The van der Waals surface area contributed by atoms with Crippen LogP contribution in [-0.4, -0.2) is 25.6 Å². The maximum Gasteiger partial charge on any atom is 0.292 e. The summed E-state index contributed by atoms with van der Waals surface area (Å²) in [6.45, 7) is 2.66. The monoisotopic (exact) mass is 361 g/mol. The second kappa shape index (κ2) is 6.72. The normalized spacial score (nSPS) is 16.0. The highest BCUT2D eigenvalue weighted by Crippen LogP contribution is 2.27. The van der Waals surface area contributed by atoms with Crippen molar-refractivity contribution in [1.82, 2.24) is 0 Å². The molecule has 1 aliphatic heterocycles. The minimum absolute atomic E-state index is 0.0262. The Morgan fingerprint density at radius 2 is 2.04 bits per heavy atom. The third kappa shape index (κ3) is 3.74. The summed E-state index contributed by atoms with van der Waals surface area (Å²) in [5, 5.41) is 14.2. The lowest BCUT2D eigenvalue weighted by atomic mass is 10.1. The topological polar surface area (TPSA) is 92.6 Å². The predicted molar refractivity (Wildman–Crippen MR) is 97.4 cm³/mol. The fraction of sp³-hybridized carbons (Fsp3) is 0.294. The molecule has 2 aromatic rings. The van der Waals surface area contributed by atoms with Crippen molar-refractivity contribution in [2.45, 2.75) is 19.9 Å². The summed E-state index contributed by atoms with van der Waals surface area (Å²) in [5.74, 6) is 0.172. The van der Waals surface area contributed by atoms with Crippen molar-refractivity contribution in [3.63, 3.8) is 0 Å². The van der Waals surface area contributed by atoms with Gasteiger partial charge < -0.3 is 5.32 Å². The van der Waals surface area contributed by atoms with Crippen LogP contribution in [0.3, 0.4) is 0 Å². The zero-order chi connectivity index (χ0) is 18.0. The molecule has 0 unspecified atom stereocenters. The van der Waals surface area contributed by atoms with Gasteiger partial charge in [-0.1, -0.05) is 18.2 Å². The summed E-state index contributed by atoms with van der Waals surface area (Å²) in [6, 6.07) is 12.2. The largest absolute Gasteiger partial charge is 0.375 e. The Bertz CT molecular complexity index is 912. The SMILES string of the molecule is Cc1ccc(NCc2cccc(N3CCCS3(=O)=O)c2)c([N+](=O)[O-])c1. The van der Waals surface area contributed by atoms with Gasteiger partial charge in [0, 0.05) is 19.2 Å². The van der Waals surface area contributed by atoms with Gasteiger partial charge in [-0.25, -0.2) is 8.42 Å². The second-order valence-electron chi connectivity index (χ2n) is 6.04. The van der Waals surface area contributed by atoms with E-state index in [1.807, 2.05) is 12.1 Å². The van der Waals surface area contributed by atoms with E-state index in [0.29, 0.717) is 30.9 Å². The van der Waals surface area contributed by atoms with Crippen LogP contribution in [0.1, 0.15) is 17.5 Å². The van der Waals surface area contributed by atoms with E-state index in [4.69, 9.17) is 0 Å². The number of benzene rings is 2. The molecule has 132 valence electrons. The average molecular weight is 361 g/mol. The molecule has 1 aliphatic rings. The van der Waals surface area contributed by atoms with Crippen LogP contribution in [-0.2, 0) is 16.6 Å². The molecule has 1 saturated heterocycles. The standard InChI is InChI=1S/C17H19N3O4S/c1-13-6-7-16(17(10-13)20(21)22)18-12-14-4-2-5-15(11-14)19-8-3-9-25(19,23)24/h2,4-7,10-11,18H,3,8-9,12H2,1H3. The van der Waals surface area contributed by atoms with E-state index in [-0.39, 0.29) is 11.4 Å². The number of sulfonamides is 1. The summed E-state index contributed by atoms with van der Waals surface area (Å²) in [6.07, 6.45) is 0.625. The molecule has 0 aromatic heterocycles. The van der Waals surface area contributed by atoms with E-state index in [2.05, 4.69) is 5.32 Å². The highest BCUT2D eigenvalue weighted by Gasteiger charge is 2.28. The summed E-state index contributed by atoms with van der Waals surface area (Å²) in [5.41, 5.74) is 2.77. The summed E-state index contributed by atoms with van der Waals surface area (Å²) in [4.78, 5) is 10.8. The Balaban J connectivity index is 1.79. The first-order valence-corrected chi connectivity index (χ1v) is 9.56. The highest BCUT2D eigenvalue weighted by molar-refractivity contribution is 7.93. The smallest absolute Gasteiger partial charge is 0.292 e. The fourth-order valence-electron chi connectivity index (χ4n) is 2.89. The van der Waals surface area contributed by atoms with Crippen LogP contribution in [0.2, 0.25) is 0 Å². The molecule has 0 aliphatic carbocycles. The van der Waals surface area contributed by atoms with Gasteiger partial charge in [-0.15, -0.1) is 0 Å². The number of nitro groups is 1. The average Bonchev–Trinajstić information content (AvgIpc) is 2.93. The van der Waals surface area contributed by atoms with E-state index in [0.717, 1.165) is 11.1 Å². The van der Waals surface area contributed by atoms with Gasteiger partial charge >= 0.3 is 0 Å². The first-order chi connectivity index (χ1) is 11.9. The van der Waals surface area contributed by atoms with Crippen LogP contribution in [0.15, 0.2) is 42.5 Å². The van der Waals surface area contributed by atoms with Crippen molar-refractivity contribution >= 4 is 27.1 Å². The maximum absolute atomic E-state index is 12.0. The third-order valence-electron chi connectivity index (χ3n) is 4.13. The highest BCUT2D eigenvalue weighted by atomic mass is 32.2. The fourth-order valence-corrected chi connectivity index (χ4v) is 4.45. The van der Waals surface area contributed by atoms with Crippen LogP contribution in [0.4, 0.5) is 17.1 Å². The Hall–Kier alpha value is -2.61. The van der Waals surface area contributed by atoms with Gasteiger partial charge in [0.15, 0.2) is 0 Å². The first-order valence-electron chi connectivity index (χ1n) is 7.95. The molecule has 0 bridgehead atoms. The van der Waals surface area contributed by atoms with E-state index in [1.54, 1.807) is 31.2 Å². The van der Waals surface area contributed by atoms with Gasteiger partial charge in [0.25, 0.3) is 5.69 Å². The molecule has 0 saturated carbocycles. The van der Waals surface area contributed by atoms with Gasteiger partial charge in [-0.05, 0) is 42.7 Å². The molecule has 1 heterocycles. The van der Waals surface area contributed by atoms with Crippen molar-refractivity contribution in [1.29, 1.82) is 0 Å². The quantitative estimate of drug-likeness (QED) is 0.653. The predicted octanol–water partition coefficient (Wildman–Crippen LogP) is 3.06. The summed E-state index contributed by atoms with van der Waals surface area (Å²) < 4.78 is 25.5. The summed E-state index contributed by atoms with van der Waals surface area (Å²) >= 11 is 0. The molecule has 1 N–H and O–H groups in total. The Labute approximate surface area is 146 Å². The van der Waals surface area contributed by atoms with Crippen LogP contribution >= 0.6 is 0 Å². The number of nitrogens with one attached hydrogen (secondary N) is 1. The number of aryl methyl sites for hydroxylation is 1. The van der Waals surface area contributed by atoms with E-state index in [9.17, 15) is 18.5 Å². The summed E-state index contributed by atoms with van der Waals surface area (Å²) in [7, 11) is -3.22. The molecule has 1 fully saturated rings. The molecule has 25 heavy (non-hydrogen) atoms. The molecule has 0 radical (unpaired) electrons. The van der Waals surface area contributed by atoms with Crippen LogP contribution in [0.25, 0.3) is 0 Å². The number of anilines is 2. The van der Waals surface area contributed by atoms with Crippen LogP contribution < -0.4 is 9.62 Å². The number of hydrogen-bond donors (Lipinski definition) is 1. The molecule has 0 amide bonds. The van der Waals surface area contributed by atoms with Gasteiger partial charge in [0.2, 0.25) is 10.0 Å². The number of rotatable bonds is 5. The maximum atomic E-state index is 12.0. The molecule has 7 nitrogen and oxygen atoms in total. The van der Waals surface area contributed by atoms with Gasteiger partial charge in [0.05, 0.1) is 16.4 Å². The van der Waals surface area contributed by atoms with Crippen LogP contribution in [0.5, 0.6) is 0 Å². The van der Waals surface area contributed by atoms with Gasteiger partial charge in [-0.3, -0.25) is 14.4 Å². The van der Waals surface area contributed by atoms with Gasteiger partial charge in [-0.2, -0.15) is 0 Å². The Kier molecular flexibility index (Phi) is 4.63. The number of nitrogens with zero attached hydrogens (tertiary/aromatic N) is 2. The lowest BCUT2D eigenvalue weighted by molar-refractivity contribution is -0.384. The zero-order valence-corrected chi connectivity index (χ0v) is 14.6. The van der Waals surface area contributed by atoms with Crippen molar-refractivity contribution in [3.05, 3.63) is 63.7 Å². The minimum Gasteiger partial charge on any atom is -0.375 e. The molecular formula is C17H19N3O4S. The molecular weight excluding hydrogens is 342 g/mol. The molecule has 0 atom stereocenters. The van der Waals surface area contributed by atoms with Crippen molar-refractivity contribution in [2.75, 3.05) is 21.9 Å². The molecule has 8 heteroatoms. The Morgan fingerprint density at radius 3 is 2.72 bits per heavy atom. The minimum atomic E-state index is -3.22. The lowest BCUT2D eigenvalue weighted by Crippen LogP contribution is -2.25. The molecule has 0 spiro atoms. The van der Waals surface area contributed by atoms with E-state index < -0.39 is 14.9 Å². The first kappa shape index (κ1) is 17.2. The lowest BCUT2D eigenvalue weighted by Gasteiger charge is -2.18. The number of nitro benzene ring substituents is 1. The second-order valence-corrected chi connectivity index (χ2v) is 8.06. The van der Waals surface area contributed by atoms with E-state index in [1.165, 1.54) is 10.4 Å². The Morgan fingerprint density at radius 1 is 1.24 bits per heavy atom. The van der Waals surface area contributed by atoms with Crippen molar-refractivity contribution in [3.8, 4) is 0 Å². The molecule has 3 rings (SSSR count). The van der Waals surface area contributed by atoms with Gasteiger partial charge in [0.1, 0.15) is 5.69 Å². The third-order valence-corrected chi connectivity index (χ3v) is 6.00. The number of hydrogen-bond acceptors (Lipinski definition) is 5. The van der Waals surface area contributed by atoms with Crippen LogP contribution in [0, 0.1) is 17.0 Å². The molecule has 2 aromatic carbocycles. The van der Waals surface area contributed by atoms with Crippen molar-refractivity contribution in [2.24, 2.45) is 0 Å². The zero-order valence-electron chi connectivity index (χ0n) is 13.8.